The summed E-state index contributed by atoms with van der Waals surface area (Å²) >= 11 is 0. The number of aromatic nitrogens is 2. The highest BCUT2D eigenvalue weighted by Crippen LogP contribution is 2.31. The van der Waals surface area contributed by atoms with E-state index in [2.05, 4.69) is 16.1 Å². The van der Waals surface area contributed by atoms with E-state index in [1.54, 1.807) is 7.05 Å². The van der Waals surface area contributed by atoms with Crippen LogP contribution in [0.25, 0.3) is 0 Å². The second-order valence-corrected chi connectivity index (χ2v) is 6.44. The average molecular weight is 326 g/mol. The van der Waals surface area contributed by atoms with Gasteiger partial charge in [0, 0.05) is 25.3 Å². The summed E-state index contributed by atoms with van der Waals surface area (Å²) in [6.45, 7) is 0.784. The molecule has 24 heavy (non-hydrogen) atoms. The first-order valence-electron chi connectivity index (χ1n) is 8.08. The van der Waals surface area contributed by atoms with Crippen LogP contribution in [0.5, 0.6) is 0 Å². The highest BCUT2D eigenvalue weighted by molar-refractivity contribution is 6.05. The molecule has 6 nitrogen and oxygen atoms in total. The zero-order chi connectivity index (χ0) is 17.3. The molecule has 0 spiro atoms. The van der Waals surface area contributed by atoms with Crippen molar-refractivity contribution in [2.45, 2.75) is 18.9 Å². The van der Waals surface area contributed by atoms with Gasteiger partial charge in [0.25, 0.3) is 11.5 Å². The first kappa shape index (κ1) is 16.4. The van der Waals surface area contributed by atoms with E-state index >= 15 is 0 Å². The number of carbonyl (C=O) groups is 1. The van der Waals surface area contributed by atoms with Crippen LogP contribution in [0.1, 0.15) is 22.5 Å². The highest BCUT2D eigenvalue weighted by atomic mass is 16.2. The van der Waals surface area contributed by atoms with Crippen molar-refractivity contribution < 1.29 is 4.79 Å². The van der Waals surface area contributed by atoms with Gasteiger partial charge in [0.1, 0.15) is 5.69 Å². The maximum absolute atomic E-state index is 13.1. The number of likely N-dealkylation sites (N-methyl/N-ethyl adjacent to an activating group) is 1. The highest BCUT2D eigenvalue weighted by Gasteiger charge is 2.32. The molecule has 0 bridgehead atoms. The number of carbonyl (C=O) groups excluding carboxylic acids is 1. The Morgan fingerprint density at radius 1 is 1.25 bits per heavy atom. The van der Waals surface area contributed by atoms with Gasteiger partial charge in [-0.1, -0.05) is 18.2 Å². The molecule has 1 unspecified atom stereocenters. The number of amides is 1. The van der Waals surface area contributed by atoms with Gasteiger partial charge in [-0.25, -0.2) is 4.68 Å². The molecule has 0 radical (unpaired) electrons. The fourth-order valence-corrected chi connectivity index (χ4v) is 3.21. The van der Waals surface area contributed by atoms with Crippen LogP contribution in [0.2, 0.25) is 0 Å². The Morgan fingerprint density at radius 3 is 2.71 bits per heavy atom. The van der Waals surface area contributed by atoms with E-state index < -0.39 is 0 Å². The molecule has 1 aromatic carbocycles. The second kappa shape index (κ2) is 6.57. The molecule has 1 aromatic heterocycles. The third kappa shape index (κ3) is 3.10. The van der Waals surface area contributed by atoms with E-state index in [4.69, 9.17) is 0 Å². The second-order valence-electron chi connectivity index (χ2n) is 6.44. The first-order valence-corrected chi connectivity index (χ1v) is 8.08. The first-order chi connectivity index (χ1) is 11.5. The lowest BCUT2D eigenvalue weighted by Gasteiger charge is -2.38. The maximum atomic E-state index is 13.1. The van der Waals surface area contributed by atoms with E-state index in [0.29, 0.717) is 0 Å². The van der Waals surface area contributed by atoms with E-state index in [1.165, 1.54) is 22.4 Å². The van der Waals surface area contributed by atoms with Crippen LogP contribution in [0.15, 0.2) is 41.2 Å². The maximum Gasteiger partial charge on any atom is 0.279 e. The van der Waals surface area contributed by atoms with Gasteiger partial charge in [0.2, 0.25) is 0 Å². The SMILES string of the molecule is CN(C)CC1CCc2ccccc2N1C(=O)c1ccc(=O)n(C)n1. The summed E-state index contributed by atoms with van der Waals surface area (Å²) in [4.78, 5) is 28.6. The molecule has 2 aromatic rings. The minimum absolute atomic E-state index is 0.0847. The molecule has 3 rings (SSSR count). The van der Waals surface area contributed by atoms with Crippen molar-refractivity contribution in [1.82, 2.24) is 14.7 Å². The third-order valence-corrected chi connectivity index (χ3v) is 4.34. The van der Waals surface area contributed by atoms with Crippen molar-refractivity contribution in [2.75, 3.05) is 25.5 Å². The quantitative estimate of drug-likeness (QED) is 0.853. The predicted molar refractivity (Wildman–Crippen MR) is 93.4 cm³/mol. The summed E-state index contributed by atoms with van der Waals surface area (Å²) in [6, 6.07) is 11.0. The summed E-state index contributed by atoms with van der Waals surface area (Å²) in [5, 5.41) is 4.13. The molecule has 0 saturated carbocycles. The van der Waals surface area contributed by atoms with E-state index in [1.807, 2.05) is 37.2 Å². The normalized spacial score (nSPS) is 17.0. The Balaban J connectivity index is 2.03. The van der Waals surface area contributed by atoms with Crippen LogP contribution < -0.4 is 10.5 Å². The van der Waals surface area contributed by atoms with E-state index in [0.717, 1.165) is 25.1 Å². The minimum atomic E-state index is -0.226. The lowest BCUT2D eigenvalue weighted by Crippen LogP contribution is -2.49. The summed E-state index contributed by atoms with van der Waals surface area (Å²) in [5.74, 6) is -0.162. The summed E-state index contributed by atoms with van der Waals surface area (Å²) in [6.07, 6.45) is 1.87. The fraction of sp³-hybridized carbons (Fsp3) is 0.389. The standard InChI is InChI=1S/C18H22N4O2/c1-20(2)12-14-9-8-13-6-4-5-7-16(13)22(14)18(24)15-10-11-17(23)21(3)19-15/h4-7,10-11,14H,8-9,12H2,1-3H3. The number of hydrogen-bond donors (Lipinski definition) is 0. The molecule has 1 aliphatic heterocycles. The molecule has 0 aliphatic carbocycles. The van der Waals surface area contributed by atoms with Gasteiger partial charge in [0.05, 0.1) is 6.04 Å². The number of anilines is 1. The molecule has 2 heterocycles. The van der Waals surface area contributed by atoms with Gasteiger partial charge in [-0.2, -0.15) is 5.10 Å². The van der Waals surface area contributed by atoms with Gasteiger partial charge in [-0.05, 0) is 44.6 Å². The number of aryl methyl sites for hydroxylation is 2. The molecule has 1 amide bonds. The van der Waals surface area contributed by atoms with Gasteiger partial charge in [-0.15, -0.1) is 0 Å². The van der Waals surface area contributed by atoms with Crippen LogP contribution in [-0.2, 0) is 13.5 Å². The van der Waals surface area contributed by atoms with Crippen molar-refractivity contribution in [3.05, 3.63) is 58.0 Å². The van der Waals surface area contributed by atoms with Crippen molar-refractivity contribution in [3.63, 3.8) is 0 Å². The topological polar surface area (TPSA) is 58.4 Å². The van der Waals surface area contributed by atoms with Crippen LogP contribution in [0.4, 0.5) is 5.69 Å². The molecule has 126 valence electrons. The Kier molecular flexibility index (Phi) is 4.49. The number of benzene rings is 1. The summed E-state index contributed by atoms with van der Waals surface area (Å²) < 4.78 is 1.20. The lowest BCUT2D eigenvalue weighted by atomic mass is 9.95. The largest absolute Gasteiger partial charge is 0.307 e. The number of hydrogen-bond acceptors (Lipinski definition) is 4. The predicted octanol–water partition coefficient (Wildman–Crippen LogP) is 1.30. The molecule has 1 aliphatic rings. The average Bonchev–Trinajstić information content (AvgIpc) is 2.56. The molecule has 1 atom stereocenters. The number of nitrogens with zero attached hydrogens (tertiary/aromatic N) is 4. The van der Waals surface area contributed by atoms with Crippen molar-refractivity contribution in [1.29, 1.82) is 0 Å². The molecule has 6 heteroatoms. The minimum Gasteiger partial charge on any atom is -0.307 e. The van der Waals surface area contributed by atoms with Crippen molar-refractivity contribution in [3.8, 4) is 0 Å². The number of para-hydroxylation sites is 1. The Morgan fingerprint density at radius 2 is 2.00 bits per heavy atom. The fourth-order valence-electron chi connectivity index (χ4n) is 3.21. The van der Waals surface area contributed by atoms with E-state index in [9.17, 15) is 9.59 Å². The van der Waals surface area contributed by atoms with Crippen molar-refractivity contribution in [2.24, 2.45) is 7.05 Å². The van der Waals surface area contributed by atoms with Gasteiger partial charge in [-0.3, -0.25) is 9.59 Å². The number of rotatable bonds is 3. The monoisotopic (exact) mass is 326 g/mol. The Labute approximate surface area is 141 Å². The third-order valence-electron chi connectivity index (χ3n) is 4.34. The molecular formula is C18H22N4O2. The summed E-state index contributed by atoms with van der Waals surface area (Å²) in [5.41, 5.74) is 2.18. The van der Waals surface area contributed by atoms with E-state index in [-0.39, 0.29) is 23.2 Å². The molecule has 0 fully saturated rings. The van der Waals surface area contributed by atoms with Crippen LogP contribution >= 0.6 is 0 Å². The Hall–Kier alpha value is -2.47. The van der Waals surface area contributed by atoms with Crippen LogP contribution in [-0.4, -0.2) is 47.3 Å². The van der Waals surface area contributed by atoms with Crippen LogP contribution in [0.3, 0.4) is 0 Å². The van der Waals surface area contributed by atoms with Gasteiger partial charge >= 0.3 is 0 Å². The smallest absolute Gasteiger partial charge is 0.279 e. The van der Waals surface area contributed by atoms with Crippen LogP contribution in [0, 0.1) is 0 Å². The number of fused-ring (bicyclic) bond motifs is 1. The van der Waals surface area contributed by atoms with Gasteiger partial charge in [0.15, 0.2) is 0 Å². The summed E-state index contributed by atoms with van der Waals surface area (Å²) in [7, 11) is 5.57. The van der Waals surface area contributed by atoms with Crippen molar-refractivity contribution >= 4 is 11.6 Å². The Bertz CT molecular complexity index is 813. The zero-order valence-electron chi connectivity index (χ0n) is 14.3. The molecule has 0 saturated heterocycles. The molecule has 0 N–H and O–H groups in total. The zero-order valence-corrected chi connectivity index (χ0v) is 14.3. The lowest BCUT2D eigenvalue weighted by molar-refractivity contribution is 0.0961. The molecular weight excluding hydrogens is 304 g/mol. The van der Waals surface area contributed by atoms with Gasteiger partial charge < -0.3 is 9.80 Å².